The Balaban J connectivity index is 2.03. The molecule has 1 heterocycles. The smallest absolute Gasteiger partial charge is 0.270 e. The molecule has 0 atom stereocenters. The van der Waals surface area contributed by atoms with Gasteiger partial charge in [0.15, 0.2) is 0 Å². The summed E-state index contributed by atoms with van der Waals surface area (Å²) in [5, 5.41) is 5.68. The van der Waals surface area contributed by atoms with E-state index in [9.17, 15) is 9.59 Å². The summed E-state index contributed by atoms with van der Waals surface area (Å²) >= 11 is 0. The van der Waals surface area contributed by atoms with Crippen LogP contribution in [0.1, 0.15) is 52.7 Å². The Morgan fingerprint density at radius 1 is 1.04 bits per heavy atom. The number of hydrogen-bond acceptors (Lipinski definition) is 3. The van der Waals surface area contributed by atoms with Crippen molar-refractivity contribution >= 4 is 11.8 Å². The first-order valence-corrected chi connectivity index (χ1v) is 7.87. The second-order valence-corrected chi connectivity index (χ2v) is 6.80. The quantitative estimate of drug-likeness (QED) is 0.908. The van der Waals surface area contributed by atoms with Crippen LogP contribution in [-0.4, -0.2) is 22.3 Å². The number of benzene rings is 1. The second kappa shape index (κ2) is 7.25. The van der Waals surface area contributed by atoms with Crippen LogP contribution in [0.4, 0.5) is 0 Å². The van der Waals surface area contributed by atoms with Crippen LogP contribution < -0.4 is 10.6 Å². The predicted octanol–water partition coefficient (Wildman–Crippen LogP) is 2.85. The van der Waals surface area contributed by atoms with Gasteiger partial charge in [0.2, 0.25) is 0 Å². The van der Waals surface area contributed by atoms with E-state index in [1.54, 1.807) is 6.07 Å². The third kappa shape index (κ3) is 5.19. The van der Waals surface area contributed by atoms with Crippen molar-refractivity contribution in [2.45, 2.75) is 39.8 Å². The van der Waals surface area contributed by atoms with E-state index in [1.165, 1.54) is 17.8 Å². The van der Waals surface area contributed by atoms with Crippen LogP contribution in [0.2, 0.25) is 0 Å². The Morgan fingerprint density at radius 3 is 2.33 bits per heavy atom. The Kier molecular flexibility index (Phi) is 5.34. The van der Waals surface area contributed by atoms with Crippen molar-refractivity contribution in [1.82, 2.24) is 15.6 Å². The van der Waals surface area contributed by atoms with E-state index >= 15 is 0 Å². The molecule has 0 aliphatic heterocycles. The van der Waals surface area contributed by atoms with Gasteiger partial charge in [-0.15, -0.1) is 0 Å². The first-order chi connectivity index (χ1) is 11.2. The fourth-order valence-electron chi connectivity index (χ4n) is 2.09. The SMILES string of the molecule is Cc1ccc(CNC(=O)c2ccnc(C(=O)NC(C)(C)C)c2)cc1. The molecule has 0 saturated carbocycles. The highest BCUT2D eigenvalue weighted by molar-refractivity contribution is 5.98. The lowest BCUT2D eigenvalue weighted by Crippen LogP contribution is -2.41. The fourth-order valence-corrected chi connectivity index (χ4v) is 2.09. The zero-order valence-corrected chi connectivity index (χ0v) is 14.5. The Morgan fingerprint density at radius 2 is 1.71 bits per heavy atom. The molecule has 0 aliphatic carbocycles. The van der Waals surface area contributed by atoms with Crippen molar-refractivity contribution in [1.29, 1.82) is 0 Å². The maximum Gasteiger partial charge on any atom is 0.270 e. The van der Waals surface area contributed by atoms with Gasteiger partial charge < -0.3 is 10.6 Å². The summed E-state index contributed by atoms with van der Waals surface area (Å²) in [5.74, 6) is -0.529. The normalized spacial score (nSPS) is 11.0. The molecule has 5 nitrogen and oxygen atoms in total. The summed E-state index contributed by atoms with van der Waals surface area (Å²) in [6.45, 7) is 8.13. The zero-order valence-electron chi connectivity index (χ0n) is 14.5. The highest BCUT2D eigenvalue weighted by atomic mass is 16.2. The summed E-state index contributed by atoms with van der Waals surface area (Å²) in [5.41, 5.74) is 2.48. The van der Waals surface area contributed by atoms with Crippen molar-refractivity contribution in [3.8, 4) is 0 Å². The van der Waals surface area contributed by atoms with Gasteiger partial charge in [-0.05, 0) is 45.4 Å². The fraction of sp³-hybridized carbons (Fsp3) is 0.316. The molecule has 0 saturated heterocycles. The van der Waals surface area contributed by atoms with Gasteiger partial charge in [0.05, 0.1) is 0 Å². The predicted molar refractivity (Wildman–Crippen MR) is 93.8 cm³/mol. The van der Waals surface area contributed by atoms with Gasteiger partial charge in [-0.2, -0.15) is 0 Å². The van der Waals surface area contributed by atoms with E-state index in [4.69, 9.17) is 0 Å². The van der Waals surface area contributed by atoms with Crippen LogP contribution in [-0.2, 0) is 6.54 Å². The Bertz CT molecular complexity index is 731. The van der Waals surface area contributed by atoms with E-state index in [0.717, 1.165) is 5.56 Å². The van der Waals surface area contributed by atoms with Gasteiger partial charge in [0.25, 0.3) is 11.8 Å². The van der Waals surface area contributed by atoms with Crippen molar-refractivity contribution in [3.63, 3.8) is 0 Å². The molecule has 0 unspecified atom stereocenters. The number of aromatic nitrogens is 1. The number of rotatable bonds is 4. The Hall–Kier alpha value is -2.69. The summed E-state index contributed by atoms with van der Waals surface area (Å²) in [6, 6.07) is 11.1. The van der Waals surface area contributed by atoms with Crippen LogP contribution in [0.25, 0.3) is 0 Å². The maximum atomic E-state index is 12.3. The van der Waals surface area contributed by atoms with Gasteiger partial charge in [-0.25, -0.2) is 0 Å². The minimum atomic E-state index is -0.359. The molecule has 126 valence electrons. The Labute approximate surface area is 142 Å². The number of nitrogens with one attached hydrogen (secondary N) is 2. The summed E-state index contributed by atoms with van der Waals surface area (Å²) < 4.78 is 0. The molecular weight excluding hydrogens is 302 g/mol. The third-order valence-corrected chi connectivity index (χ3v) is 3.32. The molecule has 2 aromatic rings. The topological polar surface area (TPSA) is 71.1 Å². The van der Waals surface area contributed by atoms with E-state index in [1.807, 2.05) is 52.0 Å². The highest BCUT2D eigenvalue weighted by Gasteiger charge is 2.17. The average Bonchev–Trinajstić information content (AvgIpc) is 2.52. The van der Waals surface area contributed by atoms with Crippen molar-refractivity contribution in [2.24, 2.45) is 0 Å². The molecule has 2 rings (SSSR count). The summed E-state index contributed by atoms with van der Waals surface area (Å²) in [6.07, 6.45) is 1.47. The molecule has 0 fully saturated rings. The van der Waals surface area contributed by atoms with E-state index in [-0.39, 0.29) is 23.0 Å². The third-order valence-electron chi connectivity index (χ3n) is 3.32. The number of amides is 2. The van der Waals surface area contributed by atoms with E-state index in [0.29, 0.717) is 12.1 Å². The lowest BCUT2D eigenvalue weighted by atomic mass is 10.1. The van der Waals surface area contributed by atoms with Crippen molar-refractivity contribution in [3.05, 3.63) is 65.0 Å². The number of aryl methyl sites for hydroxylation is 1. The second-order valence-electron chi connectivity index (χ2n) is 6.80. The first-order valence-electron chi connectivity index (χ1n) is 7.87. The first kappa shape index (κ1) is 17.7. The molecule has 24 heavy (non-hydrogen) atoms. The van der Waals surface area contributed by atoms with Crippen LogP contribution >= 0.6 is 0 Å². The highest BCUT2D eigenvalue weighted by Crippen LogP contribution is 2.07. The summed E-state index contributed by atoms with van der Waals surface area (Å²) in [4.78, 5) is 28.5. The molecule has 2 N–H and O–H groups in total. The minimum Gasteiger partial charge on any atom is -0.348 e. The maximum absolute atomic E-state index is 12.3. The standard InChI is InChI=1S/C19H23N3O2/c1-13-5-7-14(8-6-13)12-21-17(23)15-9-10-20-16(11-15)18(24)22-19(2,3)4/h5-11H,12H2,1-4H3,(H,21,23)(H,22,24). The van der Waals surface area contributed by atoms with E-state index in [2.05, 4.69) is 15.6 Å². The number of carbonyl (C=O) groups excluding carboxylic acids is 2. The summed E-state index contributed by atoms with van der Waals surface area (Å²) in [7, 11) is 0. The van der Waals surface area contributed by atoms with Crippen LogP contribution in [0.15, 0.2) is 42.6 Å². The molecule has 1 aromatic carbocycles. The molecule has 1 aromatic heterocycles. The van der Waals surface area contributed by atoms with E-state index < -0.39 is 0 Å². The molecule has 0 aliphatic rings. The number of pyridine rings is 1. The minimum absolute atomic E-state index is 0.230. The van der Waals surface area contributed by atoms with Crippen LogP contribution in [0.5, 0.6) is 0 Å². The van der Waals surface area contributed by atoms with Gasteiger partial charge in [0.1, 0.15) is 5.69 Å². The number of carbonyl (C=O) groups is 2. The van der Waals surface area contributed by atoms with Gasteiger partial charge in [-0.1, -0.05) is 29.8 Å². The van der Waals surface area contributed by atoms with Crippen molar-refractivity contribution < 1.29 is 9.59 Å². The molecule has 0 spiro atoms. The number of nitrogens with zero attached hydrogens (tertiary/aromatic N) is 1. The zero-order chi connectivity index (χ0) is 17.7. The lowest BCUT2D eigenvalue weighted by Gasteiger charge is -2.20. The molecule has 0 bridgehead atoms. The molecule has 0 radical (unpaired) electrons. The van der Waals surface area contributed by atoms with Crippen LogP contribution in [0, 0.1) is 6.92 Å². The molecule has 5 heteroatoms. The van der Waals surface area contributed by atoms with Crippen molar-refractivity contribution in [2.75, 3.05) is 0 Å². The van der Waals surface area contributed by atoms with Gasteiger partial charge in [0, 0.05) is 23.8 Å². The molecular formula is C19H23N3O2. The average molecular weight is 325 g/mol. The van der Waals surface area contributed by atoms with Gasteiger partial charge in [-0.3, -0.25) is 14.6 Å². The van der Waals surface area contributed by atoms with Crippen LogP contribution in [0.3, 0.4) is 0 Å². The monoisotopic (exact) mass is 325 g/mol. The van der Waals surface area contributed by atoms with Gasteiger partial charge >= 0.3 is 0 Å². The number of hydrogen-bond donors (Lipinski definition) is 2. The largest absolute Gasteiger partial charge is 0.348 e. The lowest BCUT2D eigenvalue weighted by molar-refractivity contribution is 0.0914. The molecule has 2 amide bonds.